The van der Waals surface area contributed by atoms with Crippen molar-refractivity contribution in [3.05, 3.63) is 54.6 Å². The average molecular weight is 393 g/mol. The maximum absolute atomic E-state index is 12.9. The van der Waals surface area contributed by atoms with Crippen LogP contribution in [0.4, 0.5) is 10.5 Å². The van der Waals surface area contributed by atoms with Gasteiger partial charge in [0.1, 0.15) is 6.10 Å². The van der Waals surface area contributed by atoms with Gasteiger partial charge in [-0.1, -0.05) is 48.5 Å². The molecule has 0 spiro atoms. The highest BCUT2D eigenvalue weighted by Gasteiger charge is 2.30. The zero-order valence-electron chi connectivity index (χ0n) is 16.5. The Morgan fingerprint density at radius 2 is 1.59 bits per heavy atom. The smallest absolute Gasteiger partial charge is 0.321 e. The number of para-hydroxylation sites is 1. The largest absolute Gasteiger partial charge is 0.368 e. The zero-order valence-corrected chi connectivity index (χ0v) is 16.5. The van der Waals surface area contributed by atoms with E-state index in [9.17, 15) is 9.59 Å². The Balaban J connectivity index is 1.40. The first kappa shape index (κ1) is 19.5. The lowest BCUT2D eigenvalue weighted by Crippen LogP contribution is -2.42. The lowest BCUT2D eigenvalue weighted by Gasteiger charge is -2.24. The number of hydrogen-bond donors (Lipinski definition) is 1. The molecule has 6 heteroatoms. The minimum Gasteiger partial charge on any atom is -0.368 e. The van der Waals surface area contributed by atoms with Gasteiger partial charge < -0.3 is 19.9 Å². The fourth-order valence-electron chi connectivity index (χ4n) is 3.97. The van der Waals surface area contributed by atoms with E-state index in [2.05, 4.69) is 5.32 Å². The molecule has 0 bridgehead atoms. The Kier molecular flexibility index (Phi) is 6.10. The van der Waals surface area contributed by atoms with Crippen molar-refractivity contribution in [1.29, 1.82) is 0 Å². The van der Waals surface area contributed by atoms with Crippen LogP contribution in [0, 0.1) is 0 Å². The molecule has 2 aromatic carbocycles. The summed E-state index contributed by atoms with van der Waals surface area (Å²) < 4.78 is 5.53. The molecule has 1 N–H and O–H groups in total. The average Bonchev–Trinajstić information content (AvgIpc) is 3.18. The van der Waals surface area contributed by atoms with Crippen LogP contribution in [0.25, 0.3) is 11.1 Å². The van der Waals surface area contributed by atoms with Crippen LogP contribution >= 0.6 is 0 Å². The van der Waals surface area contributed by atoms with Crippen LogP contribution in [0.15, 0.2) is 54.6 Å². The van der Waals surface area contributed by atoms with E-state index in [1.165, 1.54) is 0 Å². The lowest BCUT2D eigenvalue weighted by atomic mass is 10.0. The second kappa shape index (κ2) is 9.09. The number of anilines is 1. The summed E-state index contributed by atoms with van der Waals surface area (Å²) in [7, 11) is 0. The topological polar surface area (TPSA) is 61.9 Å². The van der Waals surface area contributed by atoms with Gasteiger partial charge in [-0.3, -0.25) is 4.79 Å². The second-order valence-electron chi connectivity index (χ2n) is 7.51. The Morgan fingerprint density at radius 3 is 2.38 bits per heavy atom. The summed E-state index contributed by atoms with van der Waals surface area (Å²) in [5.41, 5.74) is 2.85. The SMILES string of the molecule is O=C(Nc1ccccc1-c1ccccc1)N1CCCN(C(=O)C2CCCO2)CC1. The summed E-state index contributed by atoms with van der Waals surface area (Å²) in [6.07, 6.45) is 2.22. The Morgan fingerprint density at radius 1 is 0.862 bits per heavy atom. The van der Waals surface area contributed by atoms with Crippen molar-refractivity contribution in [1.82, 2.24) is 9.80 Å². The van der Waals surface area contributed by atoms with Crippen LogP contribution in [0.2, 0.25) is 0 Å². The number of carbonyl (C=O) groups excluding carboxylic acids is 2. The van der Waals surface area contributed by atoms with Gasteiger partial charge in [0, 0.05) is 38.3 Å². The van der Waals surface area contributed by atoms with Crippen LogP contribution in [-0.2, 0) is 9.53 Å². The van der Waals surface area contributed by atoms with E-state index in [4.69, 9.17) is 4.74 Å². The molecule has 2 aromatic rings. The molecular formula is C23H27N3O3. The fourth-order valence-corrected chi connectivity index (χ4v) is 3.97. The monoisotopic (exact) mass is 393 g/mol. The van der Waals surface area contributed by atoms with Gasteiger partial charge in [0.15, 0.2) is 0 Å². The van der Waals surface area contributed by atoms with Crippen LogP contribution < -0.4 is 5.32 Å². The molecule has 1 atom stereocenters. The third kappa shape index (κ3) is 4.59. The van der Waals surface area contributed by atoms with Crippen molar-refractivity contribution in [2.45, 2.75) is 25.4 Å². The molecular weight excluding hydrogens is 366 g/mol. The summed E-state index contributed by atoms with van der Waals surface area (Å²) in [5, 5.41) is 3.06. The molecule has 3 amide bonds. The van der Waals surface area contributed by atoms with Gasteiger partial charge >= 0.3 is 6.03 Å². The molecule has 29 heavy (non-hydrogen) atoms. The molecule has 0 aromatic heterocycles. The number of carbonyl (C=O) groups is 2. The Bertz CT molecular complexity index is 849. The predicted octanol–water partition coefficient (Wildman–Crippen LogP) is 3.60. The Labute approximate surface area is 171 Å². The maximum atomic E-state index is 12.9. The van der Waals surface area contributed by atoms with Crippen molar-refractivity contribution in [2.24, 2.45) is 0 Å². The highest BCUT2D eigenvalue weighted by molar-refractivity contribution is 5.94. The third-order valence-corrected chi connectivity index (χ3v) is 5.55. The molecule has 0 saturated carbocycles. The number of hydrogen-bond acceptors (Lipinski definition) is 3. The van der Waals surface area contributed by atoms with Crippen molar-refractivity contribution < 1.29 is 14.3 Å². The number of rotatable bonds is 3. The standard InChI is InChI=1S/C23H27N3O3/c27-22(21-12-6-17-29-21)25-13-7-14-26(16-15-25)23(28)24-20-11-5-4-10-19(20)18-8-2-1-3-9-18/h1-5,8-11,21H,6-7,12-17H2,(H,24,28). The van der Waals surface area contributed by atoms with E-state index in [1.54, 1.807) is 4.90 Å². The first-order valence-electron chi connectivity index (χ1n) is 10.3. The number of nitrogens with one attached hydrogen (secondary N) is 1. The van der Waals surface area contributed by atoms with Gasteiger partial charge in [-0.2, -0.15) is 0 Å². The van der Waals surface area contributed by atoms with E-state index in [0.29, 0.717) is 32.8 Å². The molecule has 2 fully saturated rings. The van der Waals surface area contributed by atoms with Crippen molar-refractivity contribution >= 4 is 17.6 Å². The summed E-state index contributed by atoms with van der Waals surface area (Å²) in [5.74, 6) is 0.0687. The summed E-state index contributed by atoms with van der Waals surface area (Å²) in [4.78, 5) is 29.2. The van der Waals surface area contributed by atoms with Crippen LogP contribution in [-0.4, -0.2) is 60.6 Å². The lowest BCUT2D eigenvalue weighted by molar-refractivity contribution is -0.140. The highest BCUT2D eigenvalue weighted by Crippen LogP contribution is 2.28. The molecule has 2 saturated heterocycles. The van der Waals surface area contributed by atoms with E-state index in [-0.39, 0.29) is 18.0 Å². The minimum absolute atomic E-state index is 0.0687. The quantitative estimate of drug-likeness (QED) is 0.867. The Hall–Kier alpha value is -2.86. The molecule has 1 unspecified atom stereocenters. The highest BCUT2D eigenvalue weighted by atomic mass is 16.5. The number of amides is 3. The van der Waals surface area contributed by atoms with Crippen LogP contribution in [0.1, 0.15) is 19.3 Å². The number of ether oxygens (including phenoxy) is 1. The summed E-state index contributed by atoms with van der Waals surface area (Å²) >= 11 is 0. The van der Waals surface area contributed by atoms with Gasteiger partial charge in [0.05, 0.1) is 5.69 Å². The van der Waals surface area contributed by atoms with Crippen molar-refractivity contribution in [2.75, 3.05) is 38.1 Å². The fraction of sp³-hybridized carbons (Fsp3) is 0.391. The van der Waals surface area contributed by atoms with Crippen LogP contribution in [0.5, 0.6) is 0 Å². The number of benzene rings is 2. The summed E-state index contributed by atoms with van der Waals surface area (Å²) in [6, 6.07) is 17.7. The number of nitrogens with zero attached hydrogens (tertiary/aromatic N) is 2. The molecule has 2 aliphatic heterocycles. The molecule has 6 nitrogen and oxygen atoms in total. The molecule has 0 aliphatic carbocycles. The normalized spacial score (nSPS) is 19.7. The maximum Gasteiger partial charge on any atom is 0.321 e. The number of urea groups is 1. The van der Waals surface area contributed by atoms with Gasteiger partial charge in [0.2, 0.25) is 0 Å². The third-order valence-electron chi connectivity index (χ3n) is 5.55. The van der Waals surface area contributed by atoms with Gasteiger partial charge in [0.25, 0.3) is 5.91 Å². The molecule has 4 rings (SSSR count). The van der Waals surface area contributed by atoms with Gasteiger partial charge in [-0.25, -0.2) is 4.79 Å². The first-order valence-corrected chi connectivity index (χ1v) is 10.3. The second-order valence-corrected chi connectivity index (χ2v) is 7.51. The first-order chi connectivity index (χ1) is 14.2. The van der Waals surface area contributed by atoms with Crippen molar-refractivity contribution in [3.8, 4) is 11.1 Å². The van der Waals surface area contributed by atoms with E-state index < -0.39 is 0 Å². The molecule has 0 radical (unpaired) electrons. The minimum atomic E-state index is -0.298. The van der Waals surface area contributed by atoms with Gasteiger partial charge in [-0.15, -0.1) is 0 Å². The zero-order chi connectivity index (χ0) is 20.1. The predicted molar refractivity (Wildman–Crippen MR) is 113 cm³/mol. The molecule has 2 aliphatic rings. The van der Waals surface area contributed by atoms with E-state index in [1.807, 2.05) is 59.5 Å². The van der Waals surface area contributed by atoms with E-state index in [0.717, 1.165) is 36.1 Å². The van der Waals surface area contributed by atoms with Crippen molar-refractivity contribution in [3.63, 3.8) is 0 Å². The van der Waals surface area contributed by atoms with Crippen LogP contribution in [0.3, 0.4) is 0 Å². The molecule has 152 valence electrons. The summed E-state index contributed by atoms with van der Waals surface area (Å²) in [6.45, 7) is 3.04. The van der Waals surface area contributed by atoms with Gasteiger partial charge in [-0.05, 0) is 30.9 Å². The van der Waals surface area contributed by atoms with E-state index >= 15 is 0 Å². The molecule has 2 heterocycles.